The van der Waals surface area contributed by atoms with Gasteiger partial charge < -0.3 is 15.0 Å². The number of aryl methyl sites for hydroxylation is 1. The first-order chi connectivity index (χ1) is 21.3. The third-order valence-electron chi connectivity index (χ3n) is 8.21. The van der Waals surface area contributed by atoms with E-state index in [0.717, 1.165) is 12.0 Å². The van der Waals surface area contributed by atoms with Crippen LogP contribution in [0.3, 0.4) is 0 Å². The maximum Gasteiger partial charge on any atom is 0.268 e. The Morgan fingerprint density at radius 3 is 2.27 bits per heavy atom. The molecule has 2 heterocycles. The van der Waals surface area contributed by atoms with E-state index in [1.165, 1.54) is 3.97 Å². The van der Waals surface area contributed by atoms with Crippen molar-refractivity contribution in [1.29, 1.82) is 0 Å². The Balaban J connectivity index is 1.56. The van der Waals surface area contributed by atoms with Gasteiger partial charge in [0.15, 0.2) is 0 Å². The Kier molecular flexibility index (Phi) is 8.07. The molecule has 0 spiro atoms. The SMILES string of the molecule is CCc1ccc(NC(=O)C2c3ccccc3C(=O)N(CCOC)C2c2cn(S(=O)(=O)c3ccccc3)c3ccccc23)cc1. The van der Waals surface area contributed by atoms with Gasteiger partial charge in [-0.3, -0.25) is 9.59 Å². The summed E-state index contributed by atoms with van der Waals surface area (Å²) in [7, 11) is -2.44. The molecule has 1 N–H and O–H groups in total. The molecule has 0 bridgehead atoms. The first-order valence-electron chi connectivity index (χ1n) is 14.5. The number of hydrogen-bond donors (Lipinski definition) is 1. The highest BCUT2D eigenvalue weighted by atomic mass is 32.2. The van der Waals surface area contributed by atoms with Crippen LogP contribution in [0.25, 0.3) is 10.9 Å². The molecule has 2 amide bonds. The monoisotopic (exact) mass is 607 g/mol. The van der Waals surface area contributed by atoms with E-state index in [4.69, 9.17) is 4.74 Å². The summed E-state index contributed by atoms with van der Waals surface area (Å²) in [5, 5.41) is 3.71. The maximum atomic E-state index is 14.4. The number of amides is 2. The van der Waals surface area contributed by atoms with Crippen molar-refractivity contribution < 1.29 is 22.7 Å². The number of aromatic nitrogens is 1. The number of nitrogens with zero attached hydrogens (tertiary/aromatic N) is 2. The molecule has 6 rings (SSSR count). The lowest BCUT2D eigenvalue weighted by Crippen LogP contribution is -2.47. The van der Waals surface area contributed by atoms with Gasteiger partial charge in [0.05, 0.1) is 29.0 Å². The summed E-state index contributed by atoms with van der Waals surface area (Å²) in [5.41, 5.74) is 3.81. The quantitative estimate of drug-likeness (QED) is 0.222. The van der Waals surface area contributed by atoms with Crippen LogP contribution in [0.4, 0.5) is 5.69 Å². The van der Waals surface area contributed by atoms with Gasteiger partial charge in [-0.05, 0) is 53.9 Å². The molecule has 0 saturated carbocycles. The van der Waals surface area contributed by atoms with E-state index in [1.807, 2.05) is 42.5 Å². The van der Waals surface area contributed by atoms with E-state index in [9.17, 15) is 18.0 Å². The van der Waals surface area contributed by atoms with Gasteiger partial charge in [-0.25, -0.2) is 12.4 Å². The van der Waals surface area contributed by atoms with E-state index in [1.54, 1.807) is 78.9 Å². The molecule has 0 fully saturated rings. The molecule has 1 aliphatic rings. The van der Waals surface area contributed by atoms with E-state index in [2.05, 4.69) is 12.2 Å². The van der Waals surface area contributed by atoms with E-state index < -0.39 is 22.0 Å². The number of carbonyl (C=O) groups excluding carboxylic acids is 2. The molecule has 4 aromatic carbocycles. The van der Waals surface area contributed by atoms with Gasteiger partial charge >= 0.3 is 0 Å². The summed E-state index contributed by atoms with van der Waals surface area (Å²) in [5.74, 6) is -1.39. The number of benzene rings is 4. The van der Waals surface area contributed by atoms with Crippen molar-refractivity contribution in [2.75, 3.05) is 25.6 Å². The van der Waals surface area contributed by atoms with Gasteiger partial charge in [-0.1, -0.05) is 73.7 Å². The first kappa shape index (κ1) is 29.3. The van der Waals surface area contributed by atoms with Crippen LogP contribution in [0.5, 0.6) is 0 Å². The summed E-state index contributed by atoms with van der Waals surface area (Å²) in [4.78, 5) is 30.2. The summed E-state index contributed by atoms with van der Waals surface area (Å²) in [6, 6.07) is 29.4. The van der Waals surface area contributed by atoms with Crippen LogP contribution in [0.15, 0.2) is 114 Å². The number of anilines is 1. The molecule has 2 atom stereocenters. The number of rotatable bonds is 9. The van der Waals surface area contributed by atoms with Crippen molar-refractivity contribution in [3.8, 4) is 0 Å². The van der Waals surface area contributed by atoms with Gasteiger partial charge in [0.2, 0.25) is 5.91 Å². The summed E-state index contributed by atoms with van der Waals surface area (Å²) in [6.07, 6.45) is 2.44. The van der Waals surface area contributed by atoms with Crippen molar-refractivity contribution in [3.05, 3.63) is 132 Å². The molecule has 0 saturated heterocycles. The number of methoxy groups -OCH3 is 1. The predicted molar refractivity (Wildman–Crippen MR) is 170 cm³/mol. The van der Waals surface area contributed by atoms with Crippen LogP contribution in [-0.2, 0) is 26.0 Å². The number of hydrogen-bond acceptors (Lipinski definition) is 5. The fraction of sp³-hybridized carbons (Fsp3) is 0.200. The highest BCUT2D eigenvalue weighted by Crippen LogP contribution is 2.46. The lowest BCUT2D eigenvalue weighted by atomic mass is 9.79. The smallest absolute Gasteiger partial charge is 0.268 e. The third kappa shape index (κ3) is 5.18. The van der Waals surface area contributed by atoms with E-state index in [-0.39, 0.29) is 29.9 Å². The van der Waals surface area contributed by atoms with Crippen LogP contribution in [0, 0.1) is 0 Å². The Morgan fingerprint density at radius 1 is 0.864 bits per heavy atom. The van der Waals surface area contributed by atoms with Crippen molar-refractivity contribution in [2.24, 2.45) is 0 Å². The van der Waals surface area contributed by atoms with Gasteiger partial charge in [-0.15, -0.1) is 0 Å². The normalized spacial score (nSPS) is 16.6. The minimum atomic E-state index is -4.00. The average Bonchev–Trinajstić information content (AvgIpc) is 3.45. The molecule has 0 aliphatic carbocycles. The zero-order valence-corrected chi connectivity index (χ0v) is 25.3. The molecule has 8 nitrogen and oxygen atoms in total. The molecule has 44 heavy (non-hydrogen) atoms. The molecule has 1 aromatic heterocycles. The van der Waals surface area contributed by atoms with Gasteiger partial charge in [-0.2, -0.15) is 0 Å². The predicted octanol–water partition coefficient (Wildman–Crippen LogP) is 6.01. The minimum absolute atomic E-state index is 0.137. The highest BCUT2D eigenvalue weighted by Gasteiger charge is 2.45. The number of para-hydroxylation sites is 1. The molecule has 9 heteroatoms. The Hall–Kier alpha value is -4.73. The average molecular weight is 608 g/mol. The Bertz CT molecular complexity index is 1930. The first-order valence-corrected chi connectivity index (χ1v) is 16.0. The van der Waals surface area contributed by atoms with E-state index in [0.29, 0.717) is 33.3 Å². The third-order valence-corrected chi connectivity index (χ3v) is 9.90. The van der Waals surface area contributed by atoms with Crippen LogP contribution in [0.1, 0.15) is 45.9 Å². The van der Waals surface area contributed by atoms with Crippen molar-refractivity contribution in [2.45, 2.75) is 30.2 Å². The summed E-state index contributed by atoms with van der Waals surface area (Å²) < 4.78 is 34.5. The summed E-state index contributed by atoms with van der Waals surface area (Å²) in [6.45, 7) is 2.50. The largest absolute Gasteiger partial charge is 0.383 e. The topological polar surface area (TPSA) is 97.7 Å². The molecule has 5 aromatic rings. The maximum absolute atomic E-state index is 14.4. The Morgan fingerprint density at radius 2 is 1.55 bits per heavy atom. The fourth-order valence-electron chi connectivity index (χ4n) is 6.02. The van der Waals surface area contributed by atoms with E-state index >= 15 is 0 Å². The molecular formula is C35H33N3O5S. The number of carbonyl (C=O) groups is 2. The Labute approximate surface area is 256 Å². The molecule has 0 radical (unpaired) electrons. The molecule has 224 valence electrons. The number of fused-ring (bicyclic) bond motifs is 2. The lowest BCUT2D eigenvalue weighted by molar-refractivity contribution is -0.119. The number of nitrogens with one attached hydrogen (secondary N) is 1. The lowest BCUT2D eigenvalue weighted by Gasteiger charge is -2.41. The van der Waals surface area contributed by atoms with Gasteiger partial charge in [0.1, 0.15) is 0 Å². The van der Waals surface area contributed by atoms with Crippen LogP contribution < -0.4 is 5.32 Å². The van der Waals surface area contributed by atoms with Crippen LogP contribution in [0.2, 0.25) is 0 Å². The van der Waals surface area contributed by atoms with Crippen molar-refractivity contribution >= 4 is 38.4 Å². The van der Waals surface area contributed by atoms with Crippen molar-refractivity contribution in [1.82, 2.24) is 8.87 Å². The van der Waals surface area contributed by atoms with Gasteiger partial charge in [0.25, 0.3) is 15.9 Å². The minimum Gasteiger partial charge on any atom is -0.383 e. The molecule has 2 unspecified atom stereocenters. The van der Waals surface area contributed by atoms with Gasteiger partial charge in [0, 0.05) is 42.1 Å². The van der Waals surface area contributed by atoms with Crippen LogP contribution in [-0.4, -0.2) is 49.4 Å². The second-order valence-electron chi connectivity index (χ2n) is 10.8. The zero-order chi connectivity index (χ0) is 30.8. The highest BCUT2D eigenvalue weighted by molar-refractivity contribution is 7.90. The van der Waals surface area contributed by atoms with Crippen LogP contribution >= 0.6 is 0 Å². The second-order valence-corrected chi connectivity index (χ2v) is 12.6. The second kappa shape index (κ2) is 12.1. The summed E-state index contributed by atoms with van der Waals surface area (Å²) >= 11 is 0. The van der Waals surface area contributed by atoms with Crippen molar-refractivity contribution in [3.63, 3.8) is 0 Å². The standard InChI is InChI=1S/C35H33N3O5S/c1-3-24-17-19-25(20-18-24)36-34(39)32-28-14-7-8-15-29(28)35(40)37(21-22-43-2)33(32)30-23-38(31-16-10-9-13-27(30)31)44(41,42)26-11-5-4-6-12-26/h4-20,23,32-33H,3,21-22H2,1-2H3,(H,36,39). The molecule has 1 aliphatic heterocycles. The fourth-order valence-corrected chi connectivity index (χ4v) is 7.41. The zero-order valence-electron chi connectivity index (χ0n) is 24.5. The molecular weight excluding hydrogens is 574 g/mol. The number of ether oxygens (including phenoxy) is 1.